The standard InChI is InChI=1S/C11H17IN2O/c1-15-7-3-6-11(14-13)9-4-2-5-10(12)8-9/h2,4-5,8,11,14H,3,6-7,13H2,1H3. The Morgan fingerprint density at radius 2 is 2.33 bits per heavy atom. The number of nitrogens with two attached hydrogens (primary N) is 1. The second kappa shape index (κ2) is 7.16. The highest BCUT2D eigenvalue weighted by atomic mass is 127. The number of hydrogen-bond donors (Lipinski definition) is 2. The van der Waals surface area contributed by atoms with Crippen molar-refractivity contribution in [3.8, 4) is 0 Å². The van der Waals surface area contributed by atoms with Crippen molar-refractivity contribution in [2.24, 2.45) is 5.84 Å². The predicted octanol–water partition coefficient (Wildman–Crippen LogP) is 2.22. The number of hydrazine groups is 1. The van der Waals surface area contributed by atoms with Crippen LogP contribution in [0.4, 0.5) is 0 Å². The van der Waals surface area contributed by atoms with Crippen LogP contribution in [0.2, 0.25) is 0 Å². The van der Waals surface area contributed by atoms with Crippen LogP contribution >= 0.6 is 22.6 Å². The van der Waals surface area contributed by atoms with Gasteiger partial charge in [0.25, 0.3) is 0 Å². The molecule has 0 heterocycles. The molecule has 0 saturated heterocycles. The third-order valence-electron chi connectivity index (χ3n) is 2.29. The zero-order valence-corrected chi connectivity index (χ0v) is 11.0. The number of rotatable bonds is 6. The summed E-state index contributed by atoms with van der Waals surface area (Å²) in [5.74, 6) is 5.54. The average molecular weight is 320 g/mol. The molecule has 0 amide bonds. The van der Waals surface area contributed by atoms with E-state index in [0.717, 1.165) is 19.4 Å². The number of halogens is 1. The summed E-state index contributed by atoms with van der Waals surface area (Å²) in [5, 5.41) is 0. The fourth-order valence-corrected chi connectivity index (χ4v) is 2.07. The summed E-state index contributed by atoms with van der Waals surface area (Å²) in [4.78, 5) is 0. The lowest BCUT2D eigenvalue weighted by Gasteiger charge is -2.16. The molecular weight excluding hydrogens is 303 g/mol. The molecule has 1 aromatic carbocycles. The first-order chi connectivity index (χ1) is 7.27. The zero-order chi connectivity index (χ0) is 11.1. The van der Waals surface area contributed by atoms with E-state index in [-0.39, 0.29) is 6.04 Å². The summed E-state index contributed by atoms with van der Waals surface area (Å²) in [6.07, 6.45) is 2.00. The van der Waals surface area contributed by atoms with Crippen molar-refractivity contribution in [2.75, 3.05) is 13.7 Å². The van der Waals surface area contributed by atoms with Gasteiger partial charge in [-0.05, 0) is 53.1 Å². The number of methoxy groups -OCH3 is 1. The molecule has 0 bridgehead atoms. The smallest absolute Gasteiger partial charge is 0.0462 e. The molecule has 0 fully saturated rings. The topological polar surface area (TPSA) is 47.3 Å². The zero-order valence-electron chi connectivity index (χ0n) is 8.87. The Hall–Kier alpha value is -0.170. The third kappa shape index (κ3) is 4.46. The quantitative estimate of drug-likeness (QED) is 0.366. The monoisotopic (exact) mass is 320 g/mol. The van der Waals surface area contributed by atoms with Crippen molar-refractivity contribution >= 4 is 22.6 Å². The summed E-state index contributed by atoms with van der Waals surface area (Å²) in [6, 6.07) is 8.59. The second-order valence-electron chi connectivity index (χ2n) is 3.41. The van der Waals surface area contributed by atoms with Gasteiger partial charge < -0.3 is 4.74 Å². The van der Waals surface area contributed by atoms with Gasteiger partial charge in [0.15, 0.2) is 0 Å². The SMILES string of the molecule is COCCCC(NN)c1cccc(I)c1. The van der Waals surface area contributed by atoms with Crippen LogP contribution in [0.1, 0.15) is 24.4 Å². The molecule has 84 valence electrons. The molecule has 1 rings (SSSR count). The molecule has 1 unspecified atom stereocenters. The van der Waals surface area contributed by atoms with Crippen LogP contribution in [-0.2, 0) is 4.74 Å². The van der Waals surface area contributed by atoms with Crippen LogP contribution in [-0.4, -0.2) is 13.7 Å². The average Bonchev–Trinajstić information content (AvgIpc) is 2.24. The minimum Gasteiger partial charge on any atom is -0.385 e. The van der Waals surface area contributed by atoms with Crippen LogP contribution < -0.4 is 11.3 Å². The Bertz CT molecular complexity index is 294. The lowest BCUT2D eigenvalue weighted by molar-refractivity contribution is 0.189. The maximum Gasteiger partial charge on any atom is 0.0462 e. The minimum atomic E-state index is 0.217. The molecule has 0 radical (unpaired) electrons. The Morgan fingerprint density at radius 1 is 1.53 bits per heavy atom. The first-order valence-corrected chi connectivity index (χ1v) is 6.06. The molecule has 15 heavy (non-hydrogen) atoms. The van der Waals surface area contributed by atoms with Gasteiger partial charge in [0.2, 0.25) is 0 Å². The first kappa shape index (κ1) is 12.9. The van der Waals surface area contributed by atoms with Gasteiger partial charge in [-0.15, -0.1) is 0 Å². The highest BCUT2D eigenvalue weighted by Gasteiger charge is 2.08. The number of benzene rings is 1. The van der Waals surface area contributed by atoms with Crippen molar-refractivity contribution in [1.82, 2.24) is 5.43 Å². The molecule has 4 heteroatoms. The molecular formula is C11H17IN2O. The van der Waals surface area contributed by atoms with E-state index >= 15 is 0 Å². The Morgan fingerprint density at radius 3 is 2.93 bits per heavy atom. The molecule has 0 spiro atoms. The highest BCUT2D eigenvalue weighted by Crippen LogP contribution is 2.19. The first-order valence-electron chi connectivity index (χ1n) is 4.98. The second-order valence-corrected chi connectivity index (χ2v) is 4.65. The van der Waals surface area contributed by atoms with Gasteiger partial charge in [-0.1, -0.05) is 12.1 Å². The predicted molar refractivity (Wildman–Crippen MR) is 70.3 cm³/mol. The van der Waals surface area contributed by atoms with Crippen molar-refractivity contribution in [1.29, 1.82) is 0 Å². The van der Waals surface area contributed by atoms with E-state index in [0.29, 0.717) is 0 Å². The van der Waals surface area contributed by atoms with Crippen molar-refractivity contribution in [3.63, 3.8) is 0 Å². The van der Waals surface area contributed by atoms with Crippen LogP contribution in [0.3, 0.4) is 0 Å². The third-order valence-corrected chi connectivity index (χ3v) is 2.96. The van der Waals surface area contributed by atoms with Gasteiger partial charge in [-0.25, -0.2) is 0 Å². The van der Waals surface area contributed by atoms with Gasteiger partial charge in [0.1, 0.15) is 0 Å². The number of nitrogens with one attached hydrogen (secondary N) is 1. The van der Waals surface area contributed by atoms with Crippen LogP contribution in [0.25, 0.3) is 0 Å². The summed E-state index contributed by atoms with van der Waals surface area (Å²) < 4.78 is 6.26. The molecule has 1 atom stereocenters. The van der Waals surface area contributed by atoms with E-state index in [9.17, 15) is 0 Å². The highest BCUT2D eigenvalue weighted by molar-refractivity contribution is 14.1. The van der Waals surface area contributed by atoms with Crippen molar-refractivity contribution in [2.45, 2.75) is 18.9 Å². The maximum atomic E-state index is 5.54. The Balaban J connectivity index is 2.57. The van der Waals surface area contributed by atoms with Gasteiger partial charge >= 0.3 is 0 Å². The van der Waals surface area contributed by atoms with Crippen molar-refractivity contribution < 1.29 is 4.74 Å². The van der Waals surface area contributed by atoms with E-state index < -0.39 is 0 Å². The van der Waals surface area contributed by atoms with Crippen LogP contribution in [0.15, 0.2) is 24.3 Å². The van der Waals surface area contributed by atoms with Gasteiger partial charge in [-0.2, -0.15) is 0 Å². The van der Waals surface area contributed by atoms with Crippen molar-refractivity contribution in [3.05, 3.63) is 33.4 Å². The summed E-state index contributed by atoms with van der Waals surface area (Å²) in [7, 11) is 1.72. The van der Waals surface area contributed by atoms with Crippen LogP contribution in [0.5, 0.6) is 0 Å². The van der Waals surface area contributed by atoms with Gasteiger partial charge in [-0.3, -0.25) is 11.3 Å². The molecule has 1 aromatic rings. The Labute approximate surface area is 104 Å². The van der Waals surface area contributed by atoms with Gasteiger partial charge in [0, 0.05) is 23.3 Å². The van der Waals surface area contributed by atoms with Crippen LogP contribution in [0, 0.1) is 3.57 Å². The molecule has 3 N–H and O–H groups in total. The Kier molecular flexibility index (Phi) is 6.16. The van der Waals surface area contributed by atoms with E-state index in [1.54, 1.807) is 7.11 Å². The maximum absolute atomic E-state index is 5.54. The number of hydrogen-bond acceptors (Lipinski definition) is 3. The van der Waals surface area contributed by atoms with E-state index in [4.69, 9.17) is 10.6 Å². The van der Waals surface area contributed by atoms with E-state index in [1.165, 1.54) is 9.13 Å². The molecule has 3 nitrogen and oxygen atoms in total. The lowest BCUT2D eigenvalue weighted by Crippen LogP contribution is -2.28. The summed E-state index contributed by atoms with van der Waals surface area (Å²) in [6.45, 7) is 0.780. The fourth-order valence-electron chi connectivity index (χ4n) is 1.50. The molecule has 0 aromatic heterocycles. The molecule has 0 aliphatic rings. The number of ether oxygens (including phenoxy) is 1. The summed E-state index contributed by atoms with van der Waals surface area (Å²) >= 11 is 2.31. The molecule has 0 aliphatic carbocycles. The normalized spacial score (nSPS) is 12.7. The fraction of sp³-hybridized carbons (Fsp3) is 0.455. The minimum absolute atomic E-state index is 0.217. The largest absolute Gasteiger partial charge is 0.385 e. The van der Waals surface area contributed by atoms with E-state index in [2.05, 4.69) is 52.3 Å². The van der Waals surface area contributed by atoms with E-state index in [1.807, 2.05) is 0 Å². The van der Waals surface area contributed by atoms with Gasteiger partial charge in [0.05, 0.1) is 0 Å². The summed E-state index contributed by atoms with van der Waals surface area (Å²) in [5.41, 5.74) is 4.08. The molecule has 0 saturated carbocycles. The molecule has 0 aliphatic heterocycles. The lowest BCUT2D eigenvalue weighted by atomic mass is 10.0.